The van der Waals surface area contributed by atoms with Crippen molar-refractivity contribution in [3.8, 4) is 0 Å². The number of aromatic nitrogens is 1. The third kappa shape index (κ3) is 24.2. The first kappa shape index (κ1) is 61.9. The molecule has 74 heavy (non-hydrogen) atoms. The number of nitrogens with zero attached hydrogens (tertiary/aromatic N) is 2. The number of nitrogens with one attached hydrogen (secondary N) is 9. The van der Waals surface area contributed by atoms with Gasteiger partial charge in [0.05, 0.1) is 19.5 Å². The number of benzene rings is 2. The lowest BCUT2D eigenvalue weighted by atomic mass is 10.00. The van der Waals surface area contributed by atoms with Crippen molar-refractivity contribution >= 4 is 76.0 Å². The largest absolute Gasteiger partial charge is 0.370 e. The summed E-state index contributed by atoms with van der Waals surface area (Å²) in [5, 5.41) is 21.3. The summed E-state index contributed by atoms with van der Waals surface area (Å²) in [6.07, 6.45) is 3.89. The molecule has 1 aromatic heterocycles. The number of aromatic amines is 1. The minimum absolute atomic E-state index is 0.0107. The van der Waals surface area contributed by atoms with Crippen LogP contribution in [0.4, 0.5) is 0 Å². The number of amides is 9. The number of fused-ring (bicyclic) bond motifs is 1. The minimum atomic E-state index is -1.48. The molecule has 0 spiro atoms. The lowest BCUT2D eigenvalue weighted by molar-refractivity contribution is -0.136. The van der Waals surface area contributed by atoms with Gasteiger partial charge in [-0.05, 0) is 55.2 Å². The number of para-hydroxylation sites is 1. The van der Waals surface area contributed by atoms with Crippen LogP contribution in [0.15, 0.2) is 70.8 Å². The molecule has 0 saturated carbocycles. The SMILES string of the molecule is CC(=O)NCC(=O)NC1CC(=O)NCCCCC(C(N)=O)NC(=O)[C@H](Cc2c[nH]c3ccccc23)NC(=O)CNC(=O)C(Cc2ccccc2)NC(=O)C(C(C)C)NC1=O.CCCN=C(N)N.CCCN=C(N)N. The van der Waals surface area contributed by atoms with Crippen LogP contribution in [0, 0.1) is 5.92 Å². The third-order valence-corrected chi connectivity index (χ3v) is 10.8. The standard InChI is InChI=1S/C41H54N10O9.2C4H11N3/c1-23(2)36-41(60)50-30(17-25-11-5-4-6-12-25)38(57)46-22-35(55)47-31(18-26-20-45-28-14-8-7-13-27(26)28)39(58)49-29(37(42)56)15-9-10-16-43-33(53)19-32(40(59)51-36)48-34(54)21-44-24(3)52;2*1-2-3-7-4(5)6/h4-8,11-14,20,23,29-32,36,45H,9-10,15-19,21-22H2,1-3H3,(H2,42,56)(H,43,53)(H,44,52)(H,46,57)(H,47,55)(H,48,54)(H,49,58)(H,50,60)(H,51,59);2*2-3H2,1H3,(H4,5,6,7)/t29?,30?,31-,32?,36?;;/m0../s1. The molecule has 25 nitrogen and oxygen atoms in total. The van der Waals surface area contributed by atoms with Crippen LogP contribution in [-0.2, 0) is 56.0 Å². The van der Waals surface area contributed by atoms with Gasteiger partial charge >= 0.3 is 0 Å². The summed E-state index contributed by atoms with van der Waals surface area (Å²) < 4.78 is 0. The van der Waals surface area contributed by atoms with Crippen LogP contribution in [-0.4, -0.2) is 133 Å². The van der Waals surface area contributed by atoms with Gasteiger partial charge in [0.15, 0.2) is 11.9 Å². The van der Waals surface area contributed by atoms with Crippen LogP contribution in [0.2, 0.25) is 0 Å². The highest BCUT2D eigenvalue weighted by Gasteiger charge is 2.33. The van der Waals surface area contributed by atoms with Crippen molar-refractivity contribution in [3.05, 3.63) is 71.9 Å². The second kappa shape index (κ2) is 33.4. The number of rotatable bonds is 13. The van der Waals surface area contributed by atoms with Gasteiger partial charge < -0.3 is 76.2 Å². The number of hydrogen-bond donors (Lipinski definition) is 14. The van der Waals surface area contributed by atoms with E-state index in [1.807, 2.05) is 38.1 Å². The second-order valence-electron chi connectivity index (χ2n) is 17.5. The first-order chi connectivity index (χ1) is 35.1. The van der Waals surface area contributed by atoms with Crippen molar-refractivity contribution in [3.63, 3.8) is 0 Å². The van der Waals surface area contributed by atoms with Crippen LogP contribution >= 0.6 is 0 Å². The molecule has 4 rings (SSSR count). The molecule has 2 aromatic carbocycles. The molecule has 5 atom stereocenters. The fraction of sp³-hybridized carbons (Fsp3) is 0.490. The van der Waals surface area contributed by atoms with Crippen LogP contribution in [0.5, 0.6) is 0 Å². The van der Waals surface area contributed by atoms with Crippen LogP contribution in [0.3, 0.4) is 0 Å². The second-order valence-corrected chi connectivity index (χ2v) is 17.5. The topological polar surface area (TPSA) is 420 Å². The molecule has 406 valence electrons. The van der Waals surface area contributed by atoms with Crippen LogP contribution in [0.25, 0.3) is 10.9 Å². The molecule has 19 N–H and O–H groups in total. The van der Waals surface area contributed by atoms with E-state index in [-0.39, 0.29) is 37.7 Å². The summed E-state index contributed by atoms with van der Waals surface area (Å²) in [5.41, 5.74) is 27.9. The zero-order valence-electron chi connectivity index (χ0n) is 42.9. The fourth-order valence-corrected chi connectivity index (χ4v) is 7.03. The third-order valence-electron chi connectivity index (χ3n) is 10.8. The van der Waals surface area contributed by atoms with Gasteiger partial charge in [0, 0.05) is 56.5 Å². The van der Waals surface area contributed by atoms with E-state index in [0.717, 1.165) is 36.8 Å². The Morgan fingerprint density at radius 3 is 1.91 bits per heavy atom. The molecule has 0 aliphatic carbocycles. The Bertz CT molecular complexity index is 2360. The Hall–Kier alpha value is -8.25. The molecule has 9 amide bonds. The Morgan fingerprint density at radius 2 is 1.32 bits per heavy atom. The molecule has 4 unspecified atom stereocenters. The molecule has 0 bridgehead atoms. The lowest BCUT2D eigenvalue weighted by Gasteiger charge is -2.27. The molecule has 1 aliphatic heterocycles. The molecule has 1 aliphatic rings. The molecule has 1 saturated heterocycles. The summed E-state index contributed by atoms with van der Waals surface area (Å²) in [6, 6.07) is 9.78. The zero-order valence-corrected chi connectivity index (χ0v) is 42.9. The average molecular weight is 1030 g/mol. The number of primary amides is 1. The van der Waals surface area contributed by atoms with Gasteiger partial charge in [0.1, 0.15) is 30.2 Å². The van der Waals surface area contributed by atoms with Gasteiger partial charge in [-0.15, -0.1) is 0 Å². The Balaban J connectivity index is 0.00000117. The first-order valence-electron chi connectivity index (χ1n) is 24.4. The number of aliphatic imine (C=N–C) groups is 2. The number of nitrogens with two attached hydrogens (primary N) is 5. The number of carbonyl (C=O) groups excluding carboxylic acids is 9. The summed E-state index contributed by atoms with van der Waals surface area (Å²) in [5.74, 6) is -6.74. The Labute approximate surface area is 431 Å². The minimum Gasteiger partial charge on any atom is -0.370 e. The molecule has 3 aromatic rings. The molecule has 2 heterocycles. The van der Waals surface area contributed by atoms with E-state index < -0.39 is 109 Å². The molecule has 25 heteroatoms. The monoisotopic (exact) mass is 1030 g/mol. The zero-order chi connectivity index (χ0) is 55.2. The highest BCUT2D eigenvalue weighted by Crippen LogP contribution is 2.19. The maximum absolute atomic E-state index is 13.9. The van der Waals surface area contributed by atoms with E-state index >= 15 is 0 Å². The van der Waals surface area contributed by atoms with E-state index in [2.05, 4.69) is 57.5 Å². The normalized spacial score (nSPS) is 19.4. The Kier molecular flexibility index (Phi) is 27.9. The fourth-order valence-electron chi connectivity index (χ4n) is 7.03. The van der Waals surface area contributed by atoms with Crippen molar-refractivity contribution in [2.75, 3.05) is 32.7 Å². The average Bonchev–Trinajstić information content (AvgIpc) is 3.76. The summed E-state index contributed by atoms with van der Waals surface area (Å²) in [4.78, 5) is 129. The summed E-state index contributed by atoms with van der Waals surface area (Å²) in [7, 11) is 0. The van der Waals surface area contributed by atoms with E-state index in [4.69, 9.17) is 28.7 Å². The van der Waals surface area contributed by atoms with E-state index in [1.165, 1.54) is 6.92 Å². The van der Waals surface area contributed by atoms with Crippen molar-refractivity contribution < 1.29 is 43.2 Å². The molecular weight excluding hydrogens is 957 g/mol. The van der Waals surface area contributed by atoms with Gasteiger partial charge in [0.2, 0.25) is 53.2 Å². The number of H-pyrrole nitrogens is 1. The van der Waals surface area contributed by atoms with Crippen molar-refractivity contribution in [1.29, 1.82) is 0 Å². The molecular formula is C49H76N16O9. The number of carbonyl (C=O) groups is 9. The van der Waals surface area contributed by atoms with Crippen LogP contribution in [0.1, 0.15) is 84.3 Å². The quantitative estimate of drug-likeness (QED) is 0.0640. The van der Waals surface area contributed by atoms with Gasteiger partial charge in [-0.25, -0.2) is 0 Å². The van der Waals surface area contributed by atoms with Crippen molar-refractivity contribution in [2.45, 2.75) is 116 Å². The molecule has 1 fully saturated rings. The van der Waals surface area contributed by atoms with Crippen LogP contribution < -0.4 is 71.2 Å². The smallest absolute Gasteiger partial charge is 0.243 e. The first-order valence-corrected chi connectivity index (χ1v) is 24.4. The molecule has 0 radical (unpaired) electrons. The highest BCUT2D eigenvalue weighted by molar-refractivity contribution is 5.98. The summed E-state index contributed by atoms with van der Waals surface area (Å²) >= 11 is 0. The maximum Gasteiger partial charge on any atom is 0.243 e. The van der Waals surface area contributed by atoms with Gasteiger partial charge in [-0.1, -0.05) is 76.2 Å². The van der Waals surface area contributed by atoms with Crippen molar-refractivity contribution in [1.82, 2.24) is 47.5 Å². The van der Waals surface area contributed by atoms with Gasteiger partial charge in [0.25, 0.3) is 0 Å². The van der Waals surface area contributed by atoms with E-state index in [9.17, 15) is 43.2 Å². The predicted molar refractivity (Wildman–Crippen MR) is 281 cm³/mol. The van der Waals surface area contributed by atoms with Crippen molar-refractivity contribution in [2.24, 2.45) is 44.6 Å². The highest BCUT2D eigenvalue weighted by atomic mass is 16.2. The Morgan fingerprint density at radius 1 is 0.703 bits per heavy atom. The van der Waals surface area contributed by atoms with E-state index in [0.29, 0.717) is 24.0 Å². The lowest BCUT2D eigenvalue weighted by Crippen LogP contribution is -2.59. The maximum atomic E-state index is 13.9. The predicted octanol–water partition coefficient (Wildman–Crippen LogP) is -2.20. The number of hydrogen-bond acceptors (Lipinski definition) is 11. The summed E-state index contributed by atoms with van der Waals surface area (Å²) in [6.45, 7) is 9.03. The van der Waals surface area contributed by atoms with Gasteiger partial charge in [-0.2, -0.15) is 0 Å². The van der Waals surface area contributed by atoms with Gasteiger partial charge in [-0.3, -0.25) is 53.1 Å². The van der Waals surface area contributed by atoms with E-state index in [1.54, 1.807) is 50.4 Å². The number of guanidine groups is 2.